The van der Waals surface area contributed by atoms with Crippen molar-refractivity contribution in [1.29, 1.82) is 0 Å². The number of amides is 2. The Bertz CT molecular complexity index is 1190. The fraction of sp³-hybridized carbons (Fsp3) is 0.414. The van der Waals surface area contributed by atoms with Crippen molar-refractivity contribution < 1.29 is 14.3 Å². The zero-order valence-corrected chi connectivity index (χ0v) is 20.2. The molecule has 6 heteroatoms. The fourth-order valence-electron chi connectivity index (χ4n) is 5.28. The Balaban J connectivity index is 1.18. The largest absolute Gasteiger partial charge is 0.491 e. The maximum atomic E-state index is 13.4. The van der Waals surface area contributed by atoms with E-state index in [0.29, 0.717) is 36.8 Å². The molecular weight excluding hydrogens is 438 g/mol. The number of hydrogen-bond donors (Lipinski definition) is 0. The van der Waals surface area contributed by atoms with Gasteiger partial charge in [0.05, 0.1) is 17.6 Å². The molecule has 2 fully saturated rings. The minimum atomic E-state index is 0.0332. The first-order valence-corrected chi connectivity index (χ1v) is 12.8. The third-order valence-electron chi connectivity index (χ3n) is 7.21. The van der Waals surface area contributed by atoms with Crippen LogP contribution < -0.4 is 4.74 Å². The van der Waals surface area contributed by atoms with E-state index in [-0.39, 0.29) is 11.8 Å². The van der Waals surface area contributed by atoms with Gasteiger partial charge in [0.25, 0.3) is 5.91 Å². The summed E-state index contributed by atoms with van der Waals surface area (Å²) in [6.45, 7) is 3.28. The molecule has 5 rings (SSSR count). The average molecular weight is 472 g/mol. The number of aromatic nitrogens is 1. The van der Waals surface area contributed by atoms with Crippen molar-refractivity contribution in [3.63, 3.8) is 0 Å². The number of rotatable bonds is 7. The van der Waals surface area contributed by atoms with E-state index in [4.69, 9.17) is 4.74 Å². The summed E-state index contributed by atoms with van der Waals surface area (Å²) in [5, 5.41) is 1.18. The lowest BCUT2D eigenvalue weighted by molar-refractivity contribution is -0.128. The van der Waals surface area contributed by atoms with Crippen LogP contribution in [0.25, 0.3) is 10.9 Å². The molecule has 35 heavy (non-hydrogen) atoms. The fourth-order valence-corrected chi connectivity index (χ4v) is 5.28. The standard InChI is InChI=1S/C29H33N3O3/c33-28-12-6-14-31(28)17-18-35-27-11-4-2-9-25(27)29(34)32-15-5-7-22(13-16-32)19-23-20-24-8-1-3-10-26(24)30-21-23/h1-4,8-11,20-22H,5-7,12-19H2/t22-/m1/s1. The third kappa shape index (κ3) is 5.64. The van der Waals surface area contributed by atoms with Gasteiger partial charge >= 0.3 is 0 Å². The molecule has 3 heterocycles. The van der Waals surface area contributed by atoms with Crippen molar-refractivity contribution in [1.82, 2.24) is 14.8 Å². The highest BCUT2D eigenvalue weighted by molar-refractivity contribution is 5.97. The minimum Gasteiger partial charge on any atom is -0.491 e. The number of ether oxygens (including phenoxy) is 1. The monoisotopic (exact) mass is 471 g/mol. The number of carbonyl (C=O) groups excluding carboxylic acids is 2. The Morgan fingerprint density at radius 2 is 1.86 bits per heavy atom. The minimum absolute atomic E-state index is 0.0332. The summed E-state index contributed by atoms with van der Waals surface area (Å²) in [5.41, 5.74) is 2.91. The molecule has 0 aliphatic carbocycles. The summed E-state index contributed by atoms with van der Waals surface area (Å²) in [4.78, 5) is 33.7. The van der Waals surface area contributed by atoms with Crippen LogP contribution in [0.3, 0.4) is 0 Å². The topological polar surface area (TPSA) is 62.7 Å². The van der Waals surface area contributed by atoms with E-state index < -0.39 is 0 Å². The van der Waals surface area contributed by atoms with Crippen molar-refractivity contribution in [3.05, 3.63) is 71.9 Å². The zero-order chi connectivity index (χ0) is 24.0. The molecule has 1 atom stereocenters. The van der Waals surface area contributed by atoms with E-state index in [1.807, 2.05) is 52.4 Å². The maximum absolute atomic E-state index is 13.4. The Kier molecular flexibility index (Phi) is 7.26. The highest BCUT2D eigenvalue weighted by Crippen LogP contribution is 2.26. The van der Waals surface area contributed by atoms with Gasteiger partial charge in [-0.2, -0.15) is 0 Å². The molecule has 2 saturated heterocycles. The van der Waals surface area contributed by atoms with Crippen LogP contribution in [0.15, 0.2) is 60.8 Å². The van der Waals surface area contributed by atoms with Crippen molar-refractivity contribution in [2.45, 2.75) is 38.5 Å². The average Bonchev–Trinajstić information content (AvgIpc) is 3.15. The Hall–Kier alpha value is -3.41. The van der Waals surface area contributed by atoms with Crippen LogP contribution in [0.4, 0.5) is 0 Å². The normalized spacial score (nSPS) is 18.6. The molecule has 0 N–H and O–H groups in total. The molecule has 0 unspecified atom stereocenters. The van der Waals surface area contributed by atoms with Gasteiger partial charge in [-0.3, -0.25) is 14.6 Å². The number of likely N-dealkylation sites (tertiary alicyclic amines) is 2. The molecule has 2 aliphatic heterocycles. The number of benzene rings is 2. The van der Waals surface area contributed by atoms with Gasteiger partial charge in [0.2, 0.25) is 5.91 Å². The molecule has 0 spiro atoms. The first-order valence-electron chi connectivity index (χ1n) is 12.8. The predicted octanol–water partition coefficient (Wildman–Crippen LogP) is 4.72. The quantitative estimate of drug-likeness (QED) is 0.500. The molecule has 3 aromatic rings. The number of fused-ring (bicyclic) bond motifs is 1. The van der Waals surface area contributed by atoms with Crippen LogP contribution in [-0.4, -0.2) is 59.4 Å². The van der Waals surface area contributed by atoms with Gasteiger partial charge < -0.3 is 14.5 Å². The first kappa shape index (κ1) is 23.3. The van der Waals surface area contributed by atoms with Gasteiger partial charge in [0.15, 0.2) is 0 Å². The van der Waals surface area contributed by atoms with Crippen LogP contribution in [0.1, 0.15) is 48.0 Å². The first-order chi connectivity index (χ1) is 17.2. The van der Waals surface area contributed by atoms with Gasteiger partial charge in [-0.1, -0.05) is 30.3 Å². The van der Waals surface area contributed by atoms with Crippen molar-refractivity contribution in [2.75, 3.05) is 32.8 Å². The van der Waals surface area contributed by atoms with E-state index in [0.717, 1.165) is 57.3 Å². The van der Waals surface area contributed by atoms with Crippen molar-refractivity contribution >= 4 is 22.7 Å². The summed E-state index contributed by atoms with van der Waals surface area (Å²) in [6, 6.07) is 18.0. The summed E-state index contributed by atoms with van der Waals surface area (Å²) < 4.78 is 5.98. The molecule has 6 nitrogen and oxygen atoms in total. The molecule has 2 aromatic carbocycles. The van der Waals surface area contributed by atoms with Crippen molar-refractivity contribution in [3.8, 4) is 5.75 Å². The lowest BCUT2D eigenvalue weighted by atomic mass is 9.93. The molecule has 0 bridgehead atoms. The Morgan fingerprint density at radius 1 is 1.00 bits per heavy atom. The molecule has 1 aromatic heterocycles. The van der Waals surface area contributed by atoms with Gasteiger partial charge in [-0.05, 0) is 67.9 Å². The SMILES string of the molecule is O=C1CCCN1CCOc1ccccc1C(=O)N1CCC[C@@H](Cc2cnc3ccccc3c2)CC1. The molecule has 0 saturated carbocycles. The van der Waals surface area contributed by atoms with E-state index in [1.54, 1.807) is 0 Å². The molecular formula is C29H33N3O3. The van der Waals surface area contributed by atoms with E-state index in [1.165, 1.54) is 10.9 Å². The van der Waals surface area contributed by atoms with Crippen LogP contribution >= 0.6 is 0 Å². The zero-order valence-electron chi connectivity index (χ0n) is 20.2. The summed E-state index contributed by atoms with van der Waals surface area (Å²) >= 11 is 0. The second-order valence-corrected chi connectivity index (χ2v) is 9.66. The van der Waals surface area contributed by atoms with Crippen LogP contribution in [0.5, 0.6) is 5.75 Å². The van der Waals surface area contributed by atoms with Gasteiger partial charge in [-0.25, -0.2) is 0 Å². The number of para-hydroxylation sites is 2. The number of pyridine rings is 1. The van der Waals surface area contributed by atoms with Gasteiger partial charge in [0.1, 0.15) is 12.4 Å². The van der Waals surface area contributed by atoms with E-state index in [2.05, 4.69) is 23.2 Å². The summed E-state index contributed by atoms with van der Waals surface area (Å²) in [5.74, 6) is 1.37. The Morgan fingerprint density at radius 3 is 2.74 bits per heavy atom. The summed E-state index contributed by atoms with van der Waals surface area (Å²) in [7, 11) is 0. The number of nitrogens with zero attached hydrogens (tertiary/aromatic N) is 3. The highest BCUT2D eigenvalue weighted by Gasteiger charge is 2.24. The van der Waals surface area contributed by atoms with Gasteiger partial charge in [0, 0.05) is 37.6 Å². The lowest BCUT2D eigenvalue weighted by Gasteiger charge is -2.22. The molecule has 182 valence electrons. The molecule has 2 amide bonds. The van der Waals surface area contributed by atoms with E-state index >= 15 is 0 Å². The second kappa shape index (κ2) is 10.9. The Labute approximate surface area is 206 Å². The van der Waals surface area contributed by atoms with Crippen LogP contribution in [0.2, 0.25) is 0 Å². The van der Waals surface area contributed by atoms with Crippen molar-refractivity contribution in [2.24, 2.45) is 5.92 Å². The smallest absolute Gasteiger partial charge is 0.257 e. The highest BCUT2D eigenvalue weighted by atomic mass is 16.5. The summed E-state index contributed by atoms with van der Waals surface area (Å²) in [6.07, 6.45) is 7.63. The van der Waals surface area contributed by atoms with Crippen LogP contribution in [-0.2, 0) is 11.2 Å². The van der Waals surface area contributed by atoms with Crippen LogP contribution in [0, 0.1) is 5.92 Å². The third-order valence-corrected chi connectivity index (χ3v) is 7.21. The molecule has 0 radical (unpaired) electrons. The second-order valence-electron chi connectivity index (χ2n) is 9.66. The number of carbonyl (C=O) groups is 2. The van der Waals surface area contributed by atoms with Gasteiger partial charge in [-0.15, -0.1) is 0 Å². The van der Waals surface area contributed by atoms with E-state index in [9.17, 15) is 9.59 Å². The lowest BCUT2D eigenvalue weighted by Crippen LogP contribution is -2.33. The maximum Gasteiger partial charge on any atom is 0.257 e. The molecule has 2 aliphatic rings. The predicted molar refractivity (Wildman–Crippen MR) is 136 cm³/mol. The number of hydrogen-bond acceptors (Lipinski definition) is 4.